The molecule has 0 radical (unpaired) electrons. The molecular weight excluding hydrogens is 302 g/mol. The lowest BCUT2D eigenvalue weighted by atomic mass is 10.1. The Bertz CT molecular complexity index is 827. The fourth-order valence-corrected chi connectivity index (χ4v) is 2.78. The smallest absolute Gasteiger partial charge is 0.274 e. The largest absolute Gasteiger partial charge is 0.461 e. The molecule has 0 saturated carbocycles. The molecule has 0 fully saturated rings. The first kappa shape index (κ1) is 16.2. The minimum atomic E-state index is -0.144. The second-order valence-corrected chi connectivity index (χ2v) is 5.86. The van der Waals surface area contributed by atoms with Gasteiger partial charge in [0.2, 0.25) is 0 Å². The van der Waals surface area contributed by atoms with E-state index in [9.17, 15) is 4.79 Å². The molecule has 2 heterocycles. The van der Waals surface area contributed by atoms with Crippen LogP contribution in [-0.4, -0.2) is 27.8 Å². The minimum Gasteiger partial charge on any atom is -0.461 e. The molecule has 0 saturated heterocycles. The molecule has 0 unspecified atom stereocenters. The van der Waals surface area contributed by atoms with E-state index in [2.05, 4.69) is 16.9 Å². The molecule has 0 aliphatic carbocycles. The van der Waals surface area contributed by atoms with Crippen molar-refractivity contribution in [2.24, 2.45) is 0 Å². The first-order valence-electron chi connectivity index (χ1n) is 8.21. The van der Waals surface area contributed by atoms with Gasteiger partial charge in [0, 0.05) is 43.4 Å². The van der Waals surface area contributed by atoms with Gasteiger partial charge >= 0.3 is 0 Å². The third-order valence-electron chi connectivity index (χ3n) is 4.06. The average molecular weight is 323 g/mol. The Morgan fingerprint density at radius 1 is 1.25 bits per heavy atom. The van der Waals surface area contributed by atoms with Crippen molar-refractivity contribution in [2.45, 2.75) is 32.7 Å². The van der Waals surface area contributed by atoms with E-state index in [0.717, 1.165) is 41.6 Å². The summed E-state index contributed by atoms with van der Waals surface area (Å²) in [6, 6.07) is 7.98. The SMILES string of the molecule is CCCCc1oc2ccccc2c1CN(C)C(=O)c1cnccn1. The average Bonchev–Trinajstić information content (AvgIpc) is 2.97. The summed E-state index contributed by atoms with van der Waals surface area (Å²) in [5.74, 6) is 0.826. The quantitative estimate of drug-likeness (QED) is 0.691. The number of hydrogen-bond donors (Lipinski definition) is 0. The van der Waals surface area contributed by atoms with Crippen LogP contribution in [0.15, 0.2) is 47.3 Å². The van der Waals surface area contributed by atoms with Gasteiger partial charge in [-0.1, -0.05) is 31.5 Å². The summed E-state index contributed by atoms with van der Waals surface area (Å²) in [5, 5.41) is 1.07. The zero-order chi connectivity index (χ0) is 16.9. The molecule has 0 N–H and O–H groups in total. The van der Waals surface area contributed by atoms with Crippen LogP contribution in [0.4, 0.5) is 0 Å². The number of hydrogen-bond acceptors (Lipinski definition) is 4. The third kappa shape index (κ3) is 3.30. The van der Waals surface area contributed by atoms with E-state index in [4.69, 9.17) is 4.42 Å². The van der Waals surface area contributed by atoms with Gasteiger partial charge in [0.25, 0.3) is 5.91 Å². The Morgan fingerprint density at radius 2 is 2.08 bits per heavy atom. The van der Waals surface area contributed by atoms with Gasteiger partial charge in [-0.15, -0.1) is 0 Å². The lowest BCUT2D eigenvalue weighted by Crippen LogP contribution is -2.27. The van der Waals surface area contributed by atoms with E-state index in [-0.39, 0.29) is 5.91 Å². The maximum Gasteiger partial charge on any atom is 0.274 e. The lowest BCUT2D eigenvalue weighted by molar-refractivity contribution is 0.0778. The van der Waals surface area contributed by atoms with E-state index in [1.165, 1.54) is 12.4 Å². The summed E-state index contributed by atoms with van der Waals surface area (Å²) >= 11 is 0. The van der Waals surface area contributed by atoms with Gasteiger partial charge in [0.15, 0.2) is 0 Å². The minimum absolute atomic E-state index is 0.144. The van der Waals surface area contributed by atoms with E-state index in [0.29, 0.717) is 12.2 Å². The van der Waals surface area contributed by atoms with Gasteiger partial charge in [-0.25, -0.2) is 4.98 Å². The maximum absolute atomic E-state index is 12.5. The topological polar surface area (TPSA) is 59.2 Å². The molecule has 1 aromatic carbocycles. The molecule has 5 nitrogen and oxygen atoms in total. The first-order valence-corrected chi connectivity index (χ1v) is 8.21. The molecule has 5 heteroatoms. The second kappa shape index (κ2) is 7.25. The Morgan fingerprint density at radius 3 is 2.83 bits per heavy atom. The summed E-state index contributed by atoms with van der Waals surface area (Å²) < 4.78 is 6.02. The summed E-state index contributed by atoms with van der Waals surface area (Å²) in [5.41, 5.74) is 2.31. The van der Waals surface area contributed by atoms with Crippen molar-refractivity contribution in [1.29, 1.82) is 0 Å². The maximum atomic E-state index is 12.5. The van der Waals surface area contributed by atoms with Gasteiger partial charge in [-0.3, -0.25) is 9.78 Å². The first-order chi connectivity index (χ1) is 11.7. The zero-order valence-electron chi connectivity index (χ0n) is 14.0. The van der Waals surface area contributed by atoms with Crippen LogP contribution in [0.5, 0.6) is 0 Å². The van der Waals surface area contributed by atoms with Crippen molar-refractivity contribution >= 4 is 16.9 Å². The highest BCUT2D eigenvalue weighted by molar-refractivity contribution is 5.92. The van der Waals surface area contributed by atoms with Crippen LogP contribution in [-0.2, 0) is 13.0 Å². The van der Waals surface area contributed by atoms with E-state index < -0.39 is 0 Å². The molecule has 0 atom stereocenters. The van der Waals surface area contributed by atoms with Crippen LogP contribution in [0.3, 0.4) is 0 Å². The highest BCUT2D eigenvalue weighted by Crippen LogP contribution is 2.28. The van der Waals surface area contributed by atoms with Gasteiger partial charge in [0.05, 0.1) is 6.20 Å². The Hall–Kier alpha value is -2.69. The summed E-state index contributed by atoms with van der Waals surface area (Å²) in [7, 11) is 1.78. The lowest BCUT2D eigenvalue weighted by Gasteiger charge is -2.16. The molecule has 0 spiro atoms. The zero-order valence-corrected chi connectivity index (χ0v) is 14.0. The van der Waals surface area contributed by atoms with Crippen LogP contribution < -0.4 is 0 Å². The fourth-order valence-electron chi connectivity index (χ4n) is 2.78. The summed E-state index contributed by atoms with van der Waals surface area (Å²) in [6.07, 6.45) is 7.63. The number of carbonyl (C=O) groups is 1. The molecule has 1 amide bonds. The summed E-state index contributed by atoms with van der Waals surface area (Å²) in [4.78, 5) is 22.2. The van der Waals surface area contributed by atoms with Gasteiger partial charge < -0.3 is 9.32 Å². The number of benzene rings is 1. The number of aryl methyl sites for hydroxylation is 1. The van der Waals surface area contributed by atoms with Crippen molar-refractivity contribution in [3.63, 3.8) is 0 Å². The molecule has 24 heavy (non-hydrogen) atoms. The number of rotatable bonds is 6. The number of para-hydroxylation sites is 1. The number of aromatic nitrogens is 2. The van der Waals surface area contributed by atoms with Gasteiger partial charge in [0.1, 0.15) is 17.0 Å². The van der Waals surface area contributed by atoms with Crippen LogP contribution in [0.2, 0.25) is 0 Å². The van der Waals surface area contributed by atoms with E-state index in [1.54, 1.807) is 18.1 Å². The van der Waals surface area contributed by atoms with Crippen LogP contribution in [0.1, 0.15) is 41.6 Å². The Balaban J connectivity index is 1.89. The van der Waals surface area contributed by atoms with Crippen molar-refractivity contribution in [3.05, 3.63) is 59.9 Å². The van der Waals surface area contributed by atoms with Crippen molar-refractivity contribution in [2.75, 3.05) is 7.05 Å². The van der Waals surface area contributed by atoms with Crippen molar-refractivity contribution < 1.29 is 9.21 Å². The third-order valence-corrected chi connectivity index (χ3v) is 4.06. The number of unbranched alkanes of at least 4 members (excludes halogenated alkanes) is 1. The molecule has 0 aliphatic heterocycles. The van der Waals surface area contributed by atoms with Crippen molar-refractivity contribution in [3.8, 4) is 0 Å². The second-order valence-electron chi connectivity index (χ2n) is 5.86. The number of carbonyl (C=O) groups excluding carboxylic acids is 1. The molecule has 2 aromatic heterocycles. The monoisotopic (exact) mass is 323 g/mol. The molecule has 0 aliphatic rings. The fraction of sp³-hybridized carbons (Fsp3) is 0.316. The van der Waals surface area contributed by atoms with Gasteiger partial charge in [-0.05, 0) is 12.5 Å². The van der Waals surface area contributed by atoms with E-state index in [1.807, 2.05) is 24.3 Å². The molecular formula is C19H21N3O2. The van der Waals surface area contributed by atoms with E-state index >= 15 is 0 Å². The Labute approximate surface area is 141 Å². The predicted octanol–water partition coefficient (Wildman–Crippen LogP) is 3.84. The van der Waals surface area contributed by atoms with Crippen molar-refractivity contribution in [1.82, 2.24) is 14.9 Å². The number of amides is 1. The highest BCUT2D eigenvalue weighted by Gasteiger charge is 2.19. The van der Waals surface area contributed by atoms with Crippen LogP contribution in [0, 0.1) is 0 Å². The number of nitrogens with zero attached hydrogens (tertiary/aromatic N) is 3. The summed E-state index contributed by atoms with van der Waals surface area (Å²) in [6.45, 7) is 2.65. The Kier molecular flexibility index (Phi) is 4.89. The van der Waals surface area contributed by atoms with Gasteiger partial charge in [-0.2, -0.15) is 0 Å². The molecule has 3 rings (SSSR count). The van der Waals surface area contributed by atoms with Crippen LogP contribution in [0.25, 0.3) is 11.0 Å². The normalized spacial score (nSPS) is 10.9. The predicted molar refractivity (Wildman–Crippen MR) is 92.7 cm³/mol. The number of furan rings is 1. The standard InChI is InChI=1S/C19H21N3O2/c1-3-4-8-18-15(14-7-5-6-9-17(14)24-18)13-22(2)19(23)16-12-20-10-11-21-16/h5-7,9-12H,3-4,8,13H2,1-2H3. The number of fused-ring (bicyclic) bond motifs is 1. The van der Waals surface area contributed by atoms with Crippen LogP contribution >= 0.6 is 0 Å². The highest BCUT2D eigenvalue weighted by atomic mass is 16.3. The molecule has 124 valence electrons. The molecule has 0 bridgehead atoms. The molecule has 3 aromatic rings.